The van der Waals surface area contributed by atoms with Crippen molar-refractivity contribution in [2.24, 2.45) is 0 Å². The zero-order valence-corrected chi connectivity index (χ0v) is 17.1. The summed E-state index contributed by atoms with van der Waals surface area (Å²) >= 11 is 5.52. The van der Waals surface area contributed by atoms with Crippen LogP contribution in [0.25, 0.3) is 0 Å². The lowest BCUT2D eigenvalue weighted by Gasteiger charge is -2.14. The Morgan fingerprint density at radius 2 is 1.62 bits per heavy atom. The summed E-state index contributed by atoms with van der Waals surface area (Å²) in [5, 5.41) is 3.24. The number of halogens is 1. The highest BCUT2D eigenvalue weighted by atomic mass is 32.1. The highest BCUT2D eigenvalue weighted by molar-refractivity contribution is 7.80. The van der Waals surface area contributed by atoms with Crippen LogP contribution < -0.4 is 19.5 Å². The Balaban J connectivity index is 1.65. The van der Waals surface area contributed by atoms with Gasteiger partial charge in [-0.3, -0.25) is 0 Å². The fourth-order valence-corrected chi connectivity index (χ4v) is 3.00. The van der Waals surface area contributed by atoms with Crippen molar-refractivity contribution >= 4 is 17.2 Å². The molecule has 0 bridgehead atoms. The van der Waals surface area contributed by atoms with Crippen LogP contribution in [0.5, 0.6) is 17.2 Å². The summed E-state index contributed by atoms with van der Waals surface area (Å²) in [4.78, 5) is 0.597. The number of hydrogen-bond acceptors (Lipinski definition) is 4. The molecule has 0 unspecified atom stereocenters. The second-order valence-corrected chi connectivity index (χ2v) is 6.68. The van der Waals surface area contributed by atoms with E-state index in [9.17, 15) is 4.39 Å². The third-order valence-corrected chi connectivity index (χ3v) is 4.75. The molecule has 0 radical (unpaired) electrons. The van der Waals surface area contributed by atoms with Crippen LogP contribution in [0.15, 0.2) is 66.7 Å². The first-order valence-corrected chi connectivity index (χ1v) is 9.47. The van der Waals surface area contributed by atoms with Gasteiger partial charge in [0.2, 0.25) is 0 Å². The molecule has 0 amide bonds. The minimum Gasteiger partial charge on any atom is -0.496 e. The van der Waals surface area contributed by atoms with Crippen LogP contribution in [0.2, 0.25) is 0 Å². The van der Waals surface area contributed by atoms with Crippen molar-refractivity contribution < 1.29 is 18.6 Å². The van der Waals surface area contributed by atoms with Gasteiger partial charge in [-0.1, -0.05) is 42.5 Å². The van der Waals surface area contributed by atoms with Gasteiger partial charge in [-0.05, 0) is 42.0 Å². The number of thiocarbonyl (C=S) groups is 1. The minimum absolute atomic E-state index is 0.273. The second kappa shape index (κ2) is 9.89. The number of benzene rings is 3. The summed E-state index contributed by atoms with van der Waals surface area (Å²) < 4.78 is 29.7. The minimum atomic E-state index is -0.273. The molecule has 3 aromatic carbocycles. The Kier molecular flexibility index (Phi) is 7.03. The maximum atomic E-state index is 13.0. The summed E-state index contributed by atoms with van der Waals surface area (Å²) in [6.07, 6.45) is 0. The number of para-hydroxylation sites is 1. The van der Waals surface area contributed by atoms with Gasteiger partial charge >= 0.3 is 0 Å². The van der Waals surface area contributed by atoms with Crippen LogP contribution in [-0.4, -0.2) is 19.2 Å². The predicted octanol–water partition coefficient (Wildman–Crippen LogP) is 4.89. The van der Waals surface area contributed by atoms with Gasteiger partial charge < -0.3 is 19.5 Å². The van der Waals surface area contributed by atoms with E-state index in [1.54, 1.807) is 26.4 Å². The van der Waals surface area contributed by atoms with E-state index in [4.69, 9.17) is 26.4 Å². The normalized spacial score (nSPS) is 10.3. The Morgan fingerprint density at radius 1 is 0.897 bits per heavy atom. The van der Waals surface area contributed by atoms with Crippen molar-refractivity contribution in [3.8, 4) is 17.2 Å². The second-order valence-electron chi connectivity index (χ2n) is 6.28. The van der Waals surface area contributed by atoms with E-state index < -0.39 is 0 Å². The molecule has 0 heterocycles. The van der Waals surface area contributed by atoms with E-state index >= 15 is 0 Å². The van der Waals surface area contributed by atoms with E-state index in [0.29, 0.717) is 29.6 Å². The number of nitrogens with one attached hydrogen (secondary N) is 1. The third kappa shape index (κ3) is 5.45. The molecule has 0 saturated carbocycles. The zero-order chi connectivity index (χ0) is 20.6. The molecule has 0 spiro atoms. The van der Waals surface area contributed by atoms with Crippen molar-refractivity contribution in [1.29, 1.82) is 0 Å². The largest absolute Gasteiger partial charge is 0.496 e. The molecule has 3 rings (SSSR count). The Morgan fingerprint density at radius 3 is 2.34 bits per heavy atom. The fraction of sp³-hybridized carbons (Fsp3) is 0.174. The Hall–Kier alpha value is -3.12. The first-order chi connectivity index (χ1) is 14.1. The molecule has 0 aliphatic rings. The van der Waals surface area contributed by atoms with Crippen LogP contribution in [0.1, 0.15) is 16.7 Å². The quantitative estimate of drug-likeness (QED) is 0.535. The summed E-state index contributed by atoms with van der Waals surface area (Å²) in [6, 6.07) is 19.5. The molecule has 3 aromatic rings. The standard InChI is InChI=1S/C23H22FNO3S/c1-26-20-6-4-3-5-18(20)14-25-23(29)17-9-12-21(22(13-17)27-2)28-15-16-7-10-19(24)11-8-16/h3-13H,14-15H2,1-2H3,(H,25,29). The highest BCUT2D eigenvalue weighted by Crippen LogP contribution is 2.29. The molecule has 0 fully saturated rings. The van der Waals surface area contributed by atoms with Gasteiger partial charge in [-0.2, -0.15) is 0 Å². The maximum Gasteiger partial charge on any atom is 0.161 e. The summed E-state index contributed by atoms with van der Waals surface area (Å²) in [5.74, 6) is 1.70. The molecule has 1 N–H and O–H groups in total. The smallest absolute Gasteiger partial charge is 0.161 e. The molecule has 4 nitrogen and oxygen atoms in total. The molecule has 0 saturated heterocycles. The fourth-order valence-electron chi connectivity index (χ4n) is 2.80. The average Bonchev–Trinajstić information content (AvgIpc) is 2.77. The first kappa shape index (κ1) is 20.6. The van der Waals surface area contributed by atoms with Crippen molar-refractivity contribution in [3.05, 3.63) is 89.2 Å². The molecule has 6 heteroatoms. The van der Waals surface area contributed by atoms with Crippen LogP contribution in [0, 0.1) is 5.82 Å². The van der Waals surface area contributed by atoms with Crippen LogP contribution in [-0.2, 0) is 13.2 Å². The van der Waals surface area contributed by atoms with E-state index in [1.807, 2.05) is 42.5 Å². The molecular formula is C23H22FNO3S. The zero-order valence-electron chi connectivity index (χ0n) is 16.3. The lowest BCUT2D eigenvalue weighted by Crippen LogP contribution is -2.22. The molecule has 29 heavy (non-hydrogen) atoms. The maximum absolute atomic E-state index is 13.0. The SMILES string of the molecule is COc1ccccc1CNC(=S)c1ccc(OCc2ccc(F)cc2)c(OC)c1. The van der Waals surface area contributed by atoms with Gasteiger partial charge in [0.25, 0.3) is 0 Å². The number of methoxy groups -OCH3 is 2. The average molecular weight is 411 g/mol. The third-order valence-electron chi connectivity index (χ3n) is 4.37. The van der Waals surface area contributed by atoms with Crippen LogP contribution in [0.3, 0.4) is 0 Å². The van der Waals surface area contributed by atoms with E-state index in [0.717, 1.165) is 22.4 Å². The van der Waals surface area contributed by atoms with Crippen LogP contribution >= 0.6 is 12.2 Å². The number of ether oxygens (including phenoxy) is 3. The van der Waals surface area contributed by atoms with Gasteiger partial charge in [0.1, 0.15) is 23.2 Å². The summed E-state index contributed by atoms with van der Waals surface area (Å²) in [6.45, 7) is 0.862. The molecule has 150 valence electrons. The van der Waals surface area contributed by atoms with Crippen molar-refractivity contribution in [2.45, 2.75) is 13.2 Å². The van der Waals surface area contributed by atoms with Crippen molar-refractivity contribution in [2.75, 3.05) is 14.2 Å². The molecule has 0 aliphatic heterocycles. The monoisotopic (exact) mass is 411 g/mol. The van der Waals surface area contributed by atoms with E-state index in [-0.39, 0.29) is 5.82 Å². The molecule has 0 atom stereocenters. The summed E-state index contributed by atoms with van der Waals surface area (Å²) in [5.41, 5.74) is 2.70. The molecule has 0 aliphatic carbocycles. The van der Waals surface area contributed by atoms with Gasteiger partial charge in [-0.15, -0.1) is 0 Å². The van der Waals surface area contributed by atoms with E-state index in [1.165, 1.54) is 12.1 Å². The lowest BCUT2D eigenvalue weighted by atomic mass is 10.1. The van der Waals surface area contributed by atoms with Crippen molar-refractivity contribution in [1.82, 2.24) is 5.32 Å². The Bertz CT molecular complexity index is 976. The molecule has 0 aromatic heterocycles. The number of hydrogen-bond donors (Lipinski definition) is 1. The number of rotatable bonds is 8. The summed E-state index contributed by atoms with van der Waals surface area (Å²) in [7, 11) is 3.22. The first-order valence-electron chi connectivity index (χ1n) is 9.06. The molecular weight excluding hydrogens is 389 g/mol. The van der Waals surface area contributed by atoms with Gasteiger partial charge in [0.15, 0.2) is 11.5 Å². The van der Waals surface area contributed by atoms with Gasteiger partial charge in [0, 0.05) is 17.7 Å². The van der Waals surface area contributed by atoms with Crippen LogP contribution in [0.4, 0.5) is 4.39 Å². The van der Waals surface area contributed by atoms with Gasteiger partial charge in [0.05, 0.1) is 14.2 Å². The Labute approximate surface area is 175 Å². The van der Waals surface area contributed by atoms with Crippen molar-refractivity contribution in [3.63, 3.8) is 0 Å². The predicted molar refractivity (Wildman–Crippen MR) is 115 cm³/mol. The highest BCUT2D eigenvalue weighted by Gasteiger charge is 2.10. The lowest BCUT2D eigenvalue weighted by molar-refractivity contribution is 0.284. The van der Waals surface area contributed by atoms with E-state index in [2.05, 4.69) is 5.32 Å². The topological polar surface area (TPSA) is 39.7 Å². The van der Waals surface area contributed by atoms with Gasteiger partial charge in [-0.25, -0.2) is 4.39 Å².